The number of rotatable bonds is 9. The summed E-state index contributed by atoms with van der Waals surface area (Å²) in [4.78, 5) is 32.4. The van der Waals surface area contributed by atoms with Crippen molar-refractivity contribution < 1.29 is 29.6 Å². The number of methoxy groups -OCH3 is 1. The Morgan fingerprint density at radius 1 is 1.05 bits per heavy atom. The highest BCUT2D eigenvalue weighted by Crippen LogP contribution is 2.68. The normalized spacial score (nSPS) is 38.4. The van der Waals surface area contributed by atoms with E-state index in [0.29, 0.717) is 32.0 Å². The number of amides is 1. The third-order valence-electron chi connectivity index (χ3n) is 16.7. The summed E-state index contributed by atoms with van der Waals surface area (Å²) < 4.78 is 6.48. The van der Waals surface area contributed by atoms with E-state index in [-0.39, 0.29) is 12.0 Å². The lowest BCUT2D eigenvalue weighted by atomic mass is 9.47. The van der Waals surface area contributed by atoms with Gasteiger partial charge in [0.1, 0.15) is 11.9 Å². The second-order valence-corrected chi connectivity index (χ2v) is 24.6. The topological polar surface area (TPSA) is 129 Å². The highest BCUT2D eigenvalue weighted by molar-refractivity contribution is 6.69. The van der Waals surface area contributed by atoms with Gasteiger partial charge >= 0.3 is 0 Å². The number of aliphatic hydroxyl groups is 3. The molecule has 3 fully saturated rings. The minimum atomic E-state index is -2.33. The lowest BCUT2D eigenvalue weighted by Gasteiger charge is -2.63. The Balaban J connectivity index is 1.23. The highest BCUT2D eigenvalue weighted by atomic mass is 28.4. The number of hydrogen-bond donors (Lipinski definition) is 5. The molecule has 1 saturated carbocycles. The molecule has 7 aliphatic rings. The number of hydrogen-bond acceptors (Lipinski definition) is 9. The summed E-state index contributed by atoms with van der Waals surface area (Å²) in [5.74, 6) is 0.504. The van der Waals surface area contributed by atoms with Crippen LogP contribution in [0.3, 0.4) is 0 Å². The number of fused-ring (bicyclic) bond motifs is 5. The van der Waals surface area contributed by atoms with E-state index >= 15 is 0 Å². The smallest absolute Gasteiger partial charge is 0.256 e. The van der Waals surface area contributed by atoms with E-state index in [0.717, 1.165) is 87.3 Å². The number of nitrogens with zero attached hydrogens (tertiary/aromatic N) is 3. The number of likely N-dealkylation sites (N-methyl/N-ethyl adjacent to an activating group) is 1. The van der Waals surface area contributed by atoms with Gasteiger partial charge in [-0.05, 0) is 111 Å². The molecule has 9 rings (SSSR count). The Bertz CT molecular complexity index is 2090. The maximum Gasteiger partial charge on any atom is 0.256 e. The predicted octanol–water partition coefficient (Wildman–Crippen LogP) is 5.13. The van der Waals surface area contributed by atoms with Crippen LogP contribution in [0.5, 0.6) is 5.75 Å². The fourth-order valence-corrected chi connectivity index (χ4v) is 15.2. The second-order valence-electron chi connectivity index (χ2n) is 20.5. The van der Waals surface area contributed by atoms with Gasteiger partial charge < -0.3 is 35.1 Å². The zero-order valence-electron chi connectivity index (χ0n) is 36.5. The van der Waals surface area contributed by atoms with Gasteiger partial charge in [-0.3, -0.25) is 14.6 Å². The SMILES string of the molecule is CC[C@@]1(O)C[C@@H]2CN(CCC3=C(Cc4ccccc43)[C@](C)(c3cc4c(cc3OC)N(C)[C@@H]3[C@](O)(C(=O)NCCC[Si](C)(C)O)[C@@H](O)[C@@]5(CC)C=CCN6CC[C@@]43[C@H]65)C2)C1. The fourth-order valence-electron chi connectivity index (χ4n) is 14.1. The average molecular weight is 825 g/mol. The van der Waals surface area contributed by atoms with Crippen LogP contribution in [0, 0.1) is 11.3 Å². The predicted molar refractivity (Wildman–Crippen MR) is 235 cm³/mol. The second kappa shape index (κ2) is 14.3. The Morgan fingerprint density at radius 2 is 1.83 bits per heavy atom. The molecular weight excluding hydrogens is 757 g/mol. The third kappa shape index (κ3) is 5.95. The molecular formula is C48H68N4O6Si. The Hall–Kier alpha value is -3.03. The van der Waals surface area contributed by atoms with Gasteiger partial charge in [0, 0.05) is 79.4 Å². The van der Waals surface area contributed by atoms with Gasteiger partial charge in [0.2, 0.25) is 0 Å². The molecule has 0 aromatic heterocycles. The van der Waals surface area contributed by atoms with Crippen molar-refractivity contribution in [1.29, 1.82) is 0 Å². The van der Waals surface area contributed by atoms with E-state index in [4.69, 9.17) is 4.74 Å². The van der Waals surface area contributed by atoms with E-state index in [1.807, 2.05) is 20.1 Å². The van der Waals surface area contributed by atoms with Crippen molar-refractivity contribution in [2.24, 2.45) is 11.3 Å². The summed E-state index contributed by atoms with van der Waals surface area (Å²) in [7, 11) is 1.41. The van der Waals surface area contributed by atoms with Crippen LogP contribution in [0.4, 0.5) is 5.69 Å². The molecule has 11 heteroatoms. The first-order valence-electron chi connectivity index (χ1n) is 22.5. The number of aliphatic hydroxyl groups excluding tert-OH is 1. The van der Waals surface area contributed by atoms with Gasteiger partial charge in [-0.2, -0.15) is 0 Å². The molecule has 2 saturated heterocycles. The van der Waals surface area contributed by atoms with Crippen molar-refractivity contribution in [3.8, 4) is 5.75 Å². The molecule has 2 bridgehead atoms. The molecule has 2 aliphatic carbocycles. The van der Waals surface area contributed by atoms with Crippen molar-refractivity contribution in [3.63, 3.8) is 0 Å². The van der Waals surface area contributed by atoms with Crippen LogP contribution in [0.1, 0.15) is 88.0 Å². The van der Waals surface area contributed by atoms with E-state index in [1.54, 1.807) is 7.11 Å². The van der Waals surface area contributed by atoms with Gasteiger partial charge in [-0.1, -0.05) is 62.8 Å². The lowest BCUT2D eigenvalue weighted by molar-refractivity contribution is -0.203. The molecule has 320 valence electrons. The van der Waals surface area contributed by atoms with Crippen LogP contribution in [0.15, 0.2) is 54.1 Å². The van der Waals surface area contributed by atoms with Gasteiger partial charge in [-0.15, -0.1) is 0 Å². The van der Waals surface area contributed by atoms with Crippen LogP contribution in [-0.2, 0) is 22.0 Å². The maximum absolute atomic E-state index is 14.8. The number of ether oxygens (including phenoxy) is 1. The molecule has 5 N–H and O–H groups in total. The Morgan fingerprint density at radius 3 is 2.56 bits per heavy atom. The molecule has 2 aromatic carbocycles. The average Bonchev–Trinajstić information content (AvgIpc) is 3.87. The zero-order valence-corrected chi connectivity index (χ0v) is 37.5. The molecule has 1 amide bonds. The first-order valence-corrected chi connectivity index (χ1v) is 25.7. The molecule has 59 heavy (non-hydrogen) atoms. The first-order chi connectivity index (χ1) is 28.0. The van der Waals surface area contributed by atoms with Crippen LogP contribution in [-0.4, -0.2) is 127 Å². The van der Waals surface area contributed by atoms with Crippen LogP contribution >= 0.6 is 0 Å². The molecule has 10 nitrogen and oxygen atoms in total. The van der Waals surface area contributed by atoms with E-state index in [9.17, 15) is 24.9 Å². The number of allylic oxidation sites excluding steroid dienone is 1. The number of piperidine rings is 1. The summed E-state index contributed by atoms with van der Waals surface area (Å²) in [6, 6.07) is 13.2. The molecule has 5 heterocycles. The van der Waals surface area contributed by atoms with E-state index < -0.39 is 53.8 Å². The van der Waals surface area contributed by atoms with E-state index in [2.05, 4.69) is 89.3 Å². The number of benzene rings is 2. The number of nitrogens with one attached hydrogen (secondary N) is 1. The molecule has 1 spiro atoms. The molecule has 1 unspecified atom stereocenters. The van der Waals surface area contributed by atoms with Crippen LogP contribution < -0.4 is 15.0 Å². The Kier molecular flexibility index (Phi) is 9.99. The molecule has 10 atom stereocenters. The van der Waals surface area contributed by atoms with Gasteiger partial charge in [0.25, 0.3) is 5.91 Å². The lowest BCUT2D eigenvalue weighted by Crippen LogP contribution is -2.81. The highest BCUT2D eigenvalue weighted by Gasteiger charge is 2.78. The van der Waals surface area contributed by atoms with Gasteiger partial charge in [-0.25, -0.2) is 0 Å². The molecule has 5 aliphatic heterocycles. The van der Waals surface area contributed by atoms with Gasteiger partial charge in [0.15, 0.2) is 13.9 Å². The number of carbonyl (C=O) groups is 1. The van der Waals surface area contributed by atoms with Crippen LogP contribution in [0.25, 0.3) is 5.57 Å². The van der Waals surface area contributed by atoms with E-state index in [1.165, 1.54) is 22.3 Å². The van der Waals surface area contributed by atoms with Crippen molar-refractivity contribution >= 4 is 25.5 Å². The fraction of sp³-hybridized carbons (Fsp3) is 0.646. The number of anilines is 1. The van der Waals surface area contributed by atoms with Crippen molar-refractivity contribution in [2.45, 2.75) is 131 Å². The Labute approximate surface area is 352 Å². The molecule has 0 radical (unpaired) electrons. The van der Waals surface area contributed by atoms with Crippen molar-refractivity contribution in [1.82, 2.24) is 15.1 Å². The summed E-state index contributed by atoms with van der Waals surface area (Å²) in [6.07, 6.45) is 8.91. The minimum absolute atomic E-state index is 0.144. The summed E-state index contributed by atoms with van der Waals surface area (Å²) in [5, 5.41) is 41.1. The van der Waals surface area contributed by atoms with Crippen LogP contribution in [0.2, 0.25) is 19.1 Å². The standard InChI is InChI=1S/C48H68N4O6Si/c1-8-45(55)28-31-27-44(3,35-24-32-14-10-11-15-33(32)34(35)16-21-51(29-31)30-45)37-25-36-38(26-39(37)58-5)50(4)41-47(36)18-22-52-20-12-17-46(9-2,40(47)52)42(53)48(41,56)43(54)49-19-13-23-59(6,7)57/h10-12,14-15,17,25-26,31,40-42,53,55-57H,8-9,13,16,18-24,27-30H2,1-7H3,(H,49,54)/t31-,40-,41+,42+,44-,45-,46+,47+,48-/m1/s1. The molecule has 2 aromatic rings. The quantitative estimate of drug-likeness (QED) is 0.133. The maximum atomic E-state index is 14.8. The third-order valence-corrected chi connectivity index (χ3v) is 18.2. The largest absolute Gasteiger partial charge is 0.496 e. The summed E-state index contributed by atoms with van der Waals surface area (Å²) >= 11 is 0. The first kappa shape index (κ1) is 41.3. The number of carbonyl (C=O) groups excluding carboxylic acids is 1. The summed E-state index contributed by atoms with van der Waals surface area (Å²) in [5.41, 5.74) is 3.86. The minimum Gasteiger partial charge on any atom is -0.496 e. The van der Waals surface area contributed by atoms with Crippen molar-refractivity contribution in [3.05, 3.63) is 76.4 Å². The van der Waals surface area contributed by atoms with Gasteiger partial charge in [0.05, 0.1) is 18.8 Å². The van der Waals surface area contributed by atoms with Crippen molar-refractivity contribution in [2.75, 3.05) is 58.3 Å². The zero-order chi connectivity index (χ0) is 41.9. The monoisotopic (exact) mass is 824 g/mol. The summed E-state index contributed by atoms with van der Waals surface area (Å²) in [6.45, 7) is 14.8.